The van der Waals surface area contributed by atoms with Crippen molar-refractivity contribution >= 4 is 23.6 Å². The lowest BCUT2D eigenvalue weighted by molar-refractivity contribution is -0.127. The number of pyridine rings is 1. The van der Waals surface area contributed by atoms with Crippen molar-refractivity contribution in [1.82, 2.24) is 9.88 Å². The van der Waals surface area contributed by atoms with Crippen LogP contribution in [-0.2, 0) is 9.53 Å². The number of likely N-dealkylation sites (tertiary alicyclic amines) is 1. The van der Waals surface area contributed by atoms with E-state index < -0.39 is 5.97 Å². The van der Waals surface area contributed by atoms with Gasteiger partial charge in [0, 0.05) is 25.3 Å². The molecule has 0 bridgehead atoms. The monoisotopic (exact) mass is 347 g/mol. The fourth-order valence-corrected chi connectivity index (χ4v) is 3.48. The van der Waals surface area contributed by atoms with E-state index >= 15 is 0 Å². The van der Waals surface area contributed by atoms with Gasteiger partial charge in [-0.1, -0.05) is 0 Å². The number of nitriles is 1. The van der Waals surface area contributed by atoms with E-state index in [1.54, 1.807) is 19.9 Å². The molecule has 2 rings (SSSR count). The minimum Gasteiger partial charge on any atom is -0.462 e. The number of esters is 1. The molecule has 7 heteroatoms. The van der Waals surface area contributed by atoms with Crippen LogP contribution in [0.25, 0.3) is 0 Å². The molecule has 0 atom stereocenters. The smallest absolute Gasteiger partial charge is 0.340 e. The van der Waals surface area contributed by atoms with E-state index in [9.17, 15) is 14.9 Å². The molecule has 1 saturated heterocycles. The molecule has 1 fully saturated rings. The van der Waals surface area contributed by atoms with E-state index in [1.165, 1.54) is 11.8 Å². The molecule has 0 spiro atoms. The first-order chi connectivity index (χ1) is 11.6. The largest absolute Gasteiger partial charge is 0.462 e. The number of aryl methyl sites for hydroxylation is 1. The van der Waals surface area contributed by atoms with Crippen molar-refractivity contribution in [2.24, 2.45) is 0 Å². The Labute approximate surface area is 146 Å². The van der Waals surface area contributed by atoms with Gasteiger partial charge in [0.15, 0.2) is 0 Å². The van der Waals surface area contributed by atoms with E-state index in [1.807, 2.05) is 4.90 Å². The van der Waals surface area contributed by atoms with Crippen molar-refractivity contribution in [3.8, 4) is 6.07 Å². The van der Waals surface area contributed by atoms with Crippen LogP contribution in [0.15, 0.2) is 11.1 Å². The van der Waals surface area contributed by atoms with Crippen LogP contribution in [0.4, 0.5) is 0 Å². The second-order valence-electron chi connectivity index (χ2n) is 5.49. The summed E-state index contributed by atoms with van der Waals surface area (Å²) < 4.78 is 4.98. The maximum atomic E-state index is 11.9. The van der Waals surface area contributed by atoms with Crippen molar-refractivity contribution < 1.29 is 14.3 Å². The number of hydrogen-bond donors (Lipinski definition) is 0. The first-order valence-corrected chi connectivity index (χ1v) is 9.04. The fourth-order valence-electron chi connectivity index (χ4n) is 2.55. The first-order valence-electron chi connectivity index (χ1n) is 8.06. The molecule has 0 saturated carbocycles. The highest BCUT2D eigenvalue weighted by molar-refractivity contribution is 7.99. The maximum absolute atomic E-state index is 11.9. The lowest BCUT2D eigenvalue weighted by Crippen LogP contribution is -2.25. The van der Waals surface area contributed by atoms with E-state index in [2.05, 4.69) is 11.1 Å². The third-order valence-electron chi connectivity index (χ3n) is 3.78. The lowest BCUT2D eigenvalue weighted by Gasteiger charge is -2.15. The SMILES string of the molecule is CCOC(=O)c1cc(C#N)c(SCCCN2CCCC2=O)nc1C. The minimum atomic E-state index is -0.455. The molecule has 24 heavy (non-hydrogen) atoms. The highest BCUT2D eigenvalue weighted by atomic mass is 32.2. The summed E-state index contributed by atoms with van der Waals surface area (Å²) in [4.78, 5) is 29.7. The van der Waals surface area contributed by atoms with Crippen LogP contribution in [0.2, 0.25) is 0 Å². The zero-order valence-corrected chi connectivity index (χ0v) is 14.8. The number of nitrogens with zero attached hydrogens (tertiary/aromatic N) is 3. The van der Waals surface area contributed by atoms with Crippen molar-refractivity contribution in [1.29, 1.82) is 5.26 Å². The molecule has 6 nitrogen and oxygen atoms in total. The van der Waals surface area contributed by atoms with Crippen molar-refractivity contribution in [2.45, 2.75) is 38.1 Å². The summed E-state index contributed by atoms with van der Waals surface area (Å²) in [7, 11) is 0. The molecular formula is C17H21N3O3S. The lowest BCUT2D eigenvalue weighted by atomic mass is 10.1. The van der Waals surface area contributed by atoms with E-state index in [4.69, 9.17) is 4.74 Å². The number of thioether (sulfide) groups is 1. The summed E-state index contributed by atoms with van der Waals surface area (Å²) in [5, 5.41) is 9.92. The van der Waals surface area contributed by atoms with Crippen molar-refractivity contribution in [2.75, 3.05) is 25.4 Å². The zero-order chi connectivity index (χ0) is 17.5. The summed E-state index contributed by atoms with van der Waals surface area (Å²) in [6.45, 7) is 5.35. The highest BCUT2D eigenvalue weighted by Gasteiger charge is 2.19. The molecular weight excluding hydrogens is 326 g/mol. The van der Waals surface area contributed by atoms with Crippen LogP contribution in [-0.4, -0.2) is 47.2 Å². The maximum Gasteiger partial charge on any atom is 0.340 e. The first kappa shape index (κ1) is 18.3. The fraction of sp³-hybridized carbons (Fsp3) is 0.529. The summed E-state index contributed by atoms with van der Waals surface area (Å²) in [6, 6.07) is 3.64. The van der Waals surface area contributed by atoms with Gasteiger partial charge in [0.25, 0.3) is 0 Å². The van der Waals surface area contributed by atoms with Crippen LogP contribution >= 0.6 is 11.8 Å². The van der Waals surface area contributed by atoms with Gasteiger partial charge < -0.3 is 9.64 Å². The van der Waals surface area contributed by atoms with E-state index in [0.717, 1.165) is 31.7 Å². The number of carbonyl (C=O) groups excluding carboxylic acids is 2. The molecule has 1 aliphatic rings. The molecule has 1 aliphatic heterocycles. The quantitative estimate of drug-likeness (QED) is 0.428. The zero-order valence-electron chi connectivity index (χ0n) is 14.0. The number of amides is 1. The van der Waals surface area contributed by atoms with Gasteiger partial charge in [0.05, 0.1) is 23.4 Å². The molecule has 1 aromatic heterocycles. The van der Waals surface area contributed by atoms with Crippen LogP contribution < -0.4 is 0 Å². The Hall–Kier alpha value is -2.07. The number of ether oxygens (including phenoxy) is 1. The predicted molar refractivity (Wildman–Crippen MR) is 90.8 cm³/mol. The Morgan fingerprint density at radius 1 is 1.54 bits per heavy atom. The van der Waals surface area contributed by atoms with Gasteiger partial charge >= 0.3 is 5.97 Å². The minimum absolute atomic E-state index is 0.227. The summed E-state index contributed by atoms with van der Waals surface area (Å²) in [5.74, 6) is 0.539. The predicted octanol–water partition coefficient (Wildman–Crippen LogP) is 2.54. The van der Waals surface area contributed by atoms with Gasteiger partial charge in [-0.2, -0.15) is 5.26 Å². The summed E-state index contributed by atoms with van der Waals surface area (Å²) >= 11 is 1.48. The molecule has 128 valence electrons. The molecule has 1 amide bonds. The molecule has 0 unspecified atom stereocenters. The van der Waals surface area contributed by atoms with Gasteiger partial charge in [-0.3, -0.25) is 4.79 Å². The third-order valence-corrected chi connectivity index (χ3v) is 4.85. The van der Waals surface area contributed by atoms with Crippen molar-refractivity contribution in [3.63, 3.8) is 0 Å². The molecule has 0 N–H and O–H groups in total. The highest BCUT2D eigenvalue weighted by Crippen LogP contribution is 2.24. The van der Waals surface area contributed by atoms with Gasteiger partial charge in [-0.25, -0.2) is 9.78 Å². The second-order valence-corrected chi connectivity index (χ2v) is 6.58. The molecule has 1 aromatic rings. The Morgan fingerprint density at radius 3 is 2.96 bits per heavy atom. The molecule has 0 aliphatic carbocycles. The van der Waals surface area contributed by atoms with Gasteiger partial charge in [-0.15, -0.1) is 11.8 Å². The third kappa shape index (κ3) is 4.48. The molecule has 0 radical (unpaired) electrons. The van der Waals surface area contributed by atoms with Crippen LogP contribution in [0.3, 0.4) is 0 Å². The molecule has 2 heterocycles. The average Bonchev–Trinajstić information content (AvgIpc) is 2.97. The normalized spacial score (nSPS) is 13.9. The van der Waals surface area contributed by atoms with Gasteiger partial charge in [-0.05, 0) is 32.8 Å². The Kier molecular flexibility index (Phi) is 6.62. The van der Waals surface area contributed by atoms with Crippen LogP contribution in [0, 0.1) is 18.3 Å². The number of aromatic nitrogens is 1. The Morgan fingerprint density at radius 2 is 2.33 bits per heavy atom. The number of carbonyl (C=O) groups is 2. The summed E-state index contributed by atoms with van der Waals surface area (Å²) in [6.07, 6.45) is 2.45. The van der Waals surface area contributed by atoms with Gasteiger partial charge in [0.2, 0.25) is 5.91 Å². The Balaban J connectivity index is 1.97. The second kappa shape index (κ2) is 8.69. The average molecular weight is 347 g/mol. The summed E-state index contributed by atoms with van der Waals surface area (Å²) in [5.41, 5.74) is 1.27. The topological polar surface area (TPSA) is 83.3 Å². The van der Waals surface area contributed by atoms with Gasteiger partial charge in [0.1, 0.15) is 11.1 Å². The molecule has 0 aromatic carbocycles. The van der Waals surface area contributed by atoms with E-state index in [-0.39, 0.29) is 12.5 Å². The number of rotatable bonds is 7. The van der Waals surface area contributed by atoms with Crippen LogP contribution in [0.5, 0.6) is 0 Å². The number of hydrogen-bond acceptors (Lipinski definition) is 6. The standard InChI is InChI=1S/C17H21N3O3S/c1-3-23-17(22)14-10-13(11-18)16(19-12(14)2)24-9-5-8-20-7-4-6-15(20)21/h10H,3-9H2,1-2H3. The van der Waals surface area contributed by atoms with Crippen LogP contribution in [0.1, 0.15) is 47.8 Å². The van der Waals surface area contributed by atoms with Crippen molar-refractivity contribution in [3.05, 3.63) is 22.9 Å². The van der Waals surface area contributed by atoms with E-state index in [0.29, 0.717) is 28.3 Å². The Bertz CT molecular complexity index is 670.